The van der Waals surface area contributed by atoms with Crippen molar-refractivity contribution in [2.75, 3.05) is 17.7 Å². The van der Waals surface area contributed by atoms with Gasteiger partial charge in [-0.15, -0.1) is 0 Å². The third-order valence-electron chi connectivity index (χ3n) is 6.14. The van der Waals surface area contributed by atoms with Crippen molar-refractivity contribution in [2.45, 2.75) is 30.4 Å². The summed E-state index contributed by atoms with van der Waals surface area (Å²) in [6.07, 6.45) is -1.54. The van der Waals surface area contributed by atoms with Gasteiger partial charge in [0.25, 0.3) is 5.91 Å². The number of likely N-dealkylation sites (N-methyl/N-ethyl adjacent to an activating group) is 1. The van der Waals surface area contributed by atoms with Crippen LogP contribution in [-0.2, 0) is 24.2 Å². The molecule has 3 aromatic rings. The third-order valence-corrected chi connectivity index (χ3v) is 7.87. The molecule has 1 aliphatic rings. The highest BCUT2D eigenvalue weighted by atomic mass is 32.2. The highest BCUT2D eigenvalue weighted by molar-refractivity contribution is 7.91. The van der Waals surface area contributed by atoms with Crippen LogP contribution >= 0.6 is 0 Å². The number of nitrogens with one attached hydrogen (secondary N) is 2. The number of hydrogen-bond donors (Lipinski definition) is 2. The first-order valence-electron chi connectivity index (χ1n) is 12.0. The number of nitrogens with zero attached hydrogens (tertiary/aromatic N) is 2. The molecule has 10 heteroatoms. The van der Waals surface area contributed by atoms with E-state index in [1.54, 1.807) is 25.2 Å². The molecule has 0 bridgehead atoms. The van der Waals surface area contributed by atoms with Crippen molar-refractivity contribution in [3.05, 3.63) is 96.1 Å². The van der Waals surface area contributed by atoms with Crippen molar-refractivity contribution in [1.82, 2.24) is 10.6 Å². The molecule has 3 aromatic carbocycles. The van der Waals surface area contributed by atoms with Crippen molar-refractivity contribution >= 4 is 39.0 Å². The minimum absolute atomic E-state index is 0.127. The number of benzene rings is 3. The van der Waals surface area contributed by atoms with Gasteiger partial charge in [-0.05, 0) is 25.1 Å². The smallest absolute Gasteiger partial charge is 0.272 e. The first kappa shape index (κ1) is 26.7. The zero-order valence-corrected chi connectivity index (χ0v) is 21.8. The van der Waals surface area contributed by atoms with Crippen molar-refractivity contribution in [3.8, 4) is 0 Å². The van der Waals surface area contributed by atoms with Crippen LogP contribution in [0.15, 0.2) is 94.8 Å². The summed E-state index contributed by atoms with van der Waals surface area (Å²) in [7, 11) is -2.03. The highest BCUT2D eigenvalue weighted by Gasteiger charge is 2.32. The van der Waals surface area contributed by atoms with Crippen LogP contribution in [0.2, 0.25) is 0 Å². The SMILES string of the molecule is C[C@H](NC(=O)CCS(=O)(=O)c1ccccc1)C(=O)N[C@H]1N=C(c2ccccc2)c2ccccc2N(C)C1=O. The van der Waals surface area contributed by atoms with E-state index >= 15 is 0 Å². The van der Waals surface area contributed by atoms with Gasteiger partial charge in [0.15, 0.2) is 9.84 Å². The predicted molar refractivity (Wildman–Crippen MR) is 145 cm³/mol. The molecule has 4 rings (SSSR count). The molecule has 0 unspecified atom stereocenters. The average molecular weight is 533 g/mol. The topological polar surface area (TPSA) is 125 Å². The van der Waals surface area contributed by atoms with Gasteiger partial charge in [-0.3, -0.25) is 14.4 Å². The second-order valence-electron chi connectivity index (χ2n) is 8.84. The van der Waals surface area contributed by atoms with E-state index < -0.39 is 45.5 Å². The fourth-order valence-corrected chi connectivity index (χ4v) is 5.32. The summed E-state index contributed by atoms with van der Waals surface area (Å²) in [6, 6.07) is 23.5. The first-order valence-corrected chi connectivity index (χ1v) is 13.7. The van der Waals surface area contributed by atoms with Crippen molar-refractivity contribution in [2.24, 2.45) is 4.99 Å². The standard InChI is InChI=1S/C28H28N4O5S/c1-19(29-24(33)17-18-38(36,37)21-13-7-4-8-14-21)27(34)31-26-28(35)32(2)23-16-10-9-15-22(23)25(30-26)20-11-5-3-6-12-20/h3-16,19,26H,17-18H2,1-2H3,(H,29,33)(H,31,34)/t19-,26+/m0/s1. The molecule has 0 aliphatic carbocycles. The van der Waals surface area contributed by atoms with Crippen molar-refractivity contribution < 1.29 is 22.8 Å². The molecular weight excluding hydrogens is 504 g/mol. The molecule has 1 aliphatic heterocycles. The summed E-state index contributed by atoms with van der Waals surface area (Å²) < 4.78 is 24.9. The van der Waals surface area contributed by atoms with Crippen LogP contribution in [0, 0.1) is 0 Å². The van der Waals surface area contributed by atoms with E-state index in [0.717, 1.165) is 11.1 Å². The Kier molecular flexibility index (Phi) is 8.02. The van der Waals surface area contributed by atoms with E-state index in [-0.39, 0.29) is 11.3 Å². The van der Waals surface area contributed by atoms with E-state index in [4.69, 9.17) is 0 Å². The van der Waals surface area contributed by atoms with Crippen LogP contribution in [0.4, 0.5) is 5.69 Å². The molecule has 1 heterocycles. The van der Waals surface area contributed by atoms with Gasteiger partial charge in [-0.1, -0.05) is 66.7 Å². The van der Waals surface area contributed by atoms with Crippen LogP contribution in [-0.4, -0.2) is 56.9 Å². The Labute approximate surface area is 221 Å². The van der Waals surface area contributed by atoms with Crippen LogP contribution in [0.25, 0.3) is 0 Å². The van der Waals surface area contributed by atoms with Gasteiger partial charge in [0.2, 0.25) is 18.0 Å². The monoisotopic (exact) mass is 532 g/mol. The minimum atomic E-state index is -3.64. The van der Waals surface area contributed by atoms with E-state index in [0.29, 0.717) is 11.4 Å². The summed E-state index contributed by atoms with van der Waals surface area (Å²) in [5.74, 6) is -2.06. The minimum Gasteiger partial charge on any atom is -0.345 e. The number of para-hydroxylation sites is 1. The molecule has 0 fully saturated rings. The third kappa shape index (κ3) is 5.97. The maximum Gasteiger partial charge on any atom is 0.272 e. The second-order valence-corrected chi connectivity index (χ2v) is 10.9. The molecular formula is C28H28N4O5S. The molecule has 0 spiro atoms. The van der Waals surface area contributed by atoms with Crippen molar-refractivity contribution in [1.29, 1.82) is 0 Å². The summed E-state index contributed by atoms with van der Waals surface area (Å²) in [4.78, 5) is 44.8. The Bertz CT molecular complexity index is 1470. The molecule has 0 aromatic heterocycles. The summed E-state index contributed by atoms with van der Waals surface area (Å²) in [6.45, 7) is 1.46. The highest BCUT2D eigenvalue weighted by Crippen LogP contribution is 2.27. The number of fused-ring (bicyclic) bond motifs is 1. The van der Waals surface area contributed by atoms with Crippen LogP contribution in [0.3, 0.4) is 0 Å². The number of carbonyl (C=O) groups is 3. The summed E-state index contributed by atoms with van der Waals surface area (Å²) in [5, 5.41) is 5.13. The normalized spacial score (nSPS) is 16.1. The van der Waals surface area contributed by atoms with E-state index in [1.807, 2.05) is 54.6 Å². The number of hydrogen-bond acceptors (Lipinski definition) is 6. The lowest BCUT2D eigenvalue weighted by atomic mass is 10.0. The van der Waals surface area contributed by atoms with Gasteiger partial charge < -0.3 is 15.5 Å². The number of benzodiazepines with no additional fused rings is 1. The molecule has 2 atom stereocenters. The Morgan fingerprint density at radius 2 is 1.55 bits per heavy atom. The van der Waals surface area contributed by atoms with Crippen molar-refractivity contribution in [3.63, 3.8) is 0 Å². The number of aliphatic imine (C=N–C) groups is 1. The number of anilines is 1. The van der Waals surface area contributed by atoms with Gasteiger partial charge in [0.05, 0.1) is 22.0 Å². The van der Waals surface area contributed by atoms with Gasteiger partial charge in [0.1, 0.15) is 6.04 Å². The molecule has 0 saturated carbocycles. The largest absolute Gasteiger partial charge is 0.345 e. The lowest BCUT2D eigenvalue weighted by molar-refractivity contribution is -0.130. The Morgan fingerprint density at radius 1 is 0.947 bits per heavy atom. The lowest BCUT2D eigenvalue weighted by Gasteiger charge is -2.22. The number of amides is 3. The Morgan fingerprint density at radius 3 is 2.24 bits per heavy atom. The number of carbonyl (C=O) groups excluding carboxylic acids is 3. The molecule has 196 valence electrons. The fraction of sp³-hybridized carbons (Fsp3) is 0.214. The van der Waals surface area contributed by atoms with Crippen LogP contribution in [0.5, 0.6) is 0 Å². The van der Waals surface area contributed by atoms with Gasteiger partial charge in [-0.2, -0.15) is 0 Å². The van der Waals surface area contributed by atoms with E-state index in [9.17, 15) is 22.8 Å². The van der Waals surface area contributed by atoms with E-state index in [2.05, 4.69) is 15.6 Å². The molecule has 0 saturated heterocycles. The maximum absolute atomic E-state index is 13.3. The fourth-order valence-electron chi connectivity index (χ4n) is 4.05. The lowest BCUT2D eigenvalue weighted by Crippen LogP contribution is -2.52. The zero-order valence-electron chi connectivity index (χ0n) is 21.0. The molecule has 9 nitrogen and oxygen atoms in total. The summed E-state index contributed by atoms with van der Waals surface area (Å²) in [5.41, 5.74) is 2.72. The summed E-state index contributed by atoms with van der Waals surface area (Å²) >= 11 is 0. The molecule has 2 N–H and O–H groups in total. The first-order chi connectivity index (χ1) is 18.2. The quantitative estimate of drug-likeness (QED) is 0.461. The Hall–Kier alpha value is -4.31. The van der Waals surface area contributed by atoms with Crippen LogP contribution in [0.1, 0.15) is 24.5 Å². The van der Waals surface area contributed by atoms with Gasteiger partial charge in [-0.25, -0.2) is 13.4 Å². The maximum atomic E-state index is 13.3. The number of rotatable bonds is 8. The second kappa shape index (κ2) is 11.4. The zero-order chi connectivity index (χ0) is 27.3. The Balaban J connectivity index is 1.47. The van der Waals surface area contributed by atoms with Gasteiger partial charge in [0, 0.05) is 24.6 Å². The van der Waals surface area contributed by atoms with Gasteiger partial charge >= 0.3 is 0 Å². The molecule has 3 amide bonds. The molecule has 38 heavy (non-hydrogen) atoms. The van der Waals surface area contributed by atoms with E-state index in [1.165, 1.54) is 24.0 Å². The predicted octanol–water partition coefficient (Wildman–Crippen LogP) is 2.31. The average Bonchev–Trinajstić information content (AvgIpc) is 3.03. The molecule has 0 radical (unpaired) electrons. The number of sulfone groups is 1. The van der Waals surface area contributed by atoms with Crippen LogP contribution < -0.4 is 15.5 Å².